The van der Waals surface area contributed by atoms with Gasteiger partial charge in [-0.2, -0.15) is 0 Å². The fourth-order valence-corrected chi connectivity index (χ4v) is 1.13. The maximum Gasteiger partial charge on any atom is 0.138 e. The maximum absolute atomic E-state index is 13.1. The number of benzene rings is 1. The molecule has 1 aromatic rings. The van der Waals surface area contributed by atoms with E-state index in [-0.39, 0.29) is 5.82 Å². The lowest BCUT2D eigenvalue weighted by molar-refractivity contribution is 0.622. The normalized spacial score (nSPS) is 9.62. The molecule has 1 rings (SSSR count). The molecule has 0 radical (unpaired) electrons. The minimum absolute atomic E-state index is 0.237. The van der Waals surface area contributed by atoms with Crippen molar-refractivity contribution >= 4 is 0 Å². The Morgan fingerprint density at radius 1 is 1.31 bits per heavy atom. The van der Waals surface area contributed by atoms with Crippen molar-refractivity contribution in [3.8, 4) is 11.8 Å². The summed E-state index contributed by atoms with van der Waals surface area (Å²) in [5, 5.41) is 0. The second-order valence-electron chi connectivity index (χ2n) is 3.27. The summed E-state index contributed by atoms with van der Waals surface area (Å²) in [6.45, 7) is 5.87. The summed E-state index contributed by atoms with van der Waals surface area (Å²) >= 11 is 0. The Kier molecular flexibility index (Phi) is 3.08. The summed E-state index contributed by atoms with van der Waals surface area (Å²) in [5.41, 5.74) is 1.62. The summed E-state index contributed by atoms with van der Waals surface area (Å²) in [5.74, 6) is 5.62. The molecule has 0 aromatic heterocycles. The van der Waals surface area contributed by atoms with Crippen molar-refractivity contribution in [2.45, 2.75) is 26.7 Å². The first-order valence-corrected chi connectivity index (χ1v) is 4.37. The van der Waals surface area contributed by atoms with Crippen LogP contribution in [0.3, 0.4) is 0 Å². The van der Waals surface area contributed by atoms with Gasteiger partial charge in [0.05, 0.1) is 5.56 Å². The molecular formula is C12H13F. The van der Waals surface area contributed by atoms with Crippen molar-refractivity contribution in [1.29, 1.82) is 0 Å². The number of hydrogen-bond acceptors (Lipinski definition) is 0. The van der Waals surface area contributed by atoms with E-state index in [2.05, 4.69) is 25.7 Å². The second kappa shape index (κ2) is 4.09. The molecule has 13 heavy (non-hydrogen) atoms. The summed E-state index contributed by atoms with van der Waals surface area (Å²) in [7, 11) is 0. The summed E-state index contributed by atoms with van der Waals surface area (Å²) in [6, 6.07) is 5.10. The molecule has 0 saturated carbocycles. The van der Waals surface area contributed by atoms with Crippen LogP contribution in [0.2, 0.25) is 0 Å². The monoisotopic (exact) mass is 176 g/mol. The Morgan fingerprint density at radius 2 is 2.00 bits per heavy atom. The van der Waals surface area contributed by atoms with Gasteiger partial charge in [-0.15, -0.1) is 5.92 Å². The largest absolute Gasteiger partial charge is 0.206 e. The molecule has 1 heteroatoms. The van der Waals surface area contributed by atoms with Gasteiger partial charge in [-0.05, 0) is 30.5 Å². The van der Waals surface area contributed by atoms with Crippen LogP contribution >= 0.6 is 0 Å². The van der Waals surface area contributed by atoms with Crippen molar-refractivity contribution in [2.24, 2.45) is 0 Å². The molecule has 0 bridgehead atoms. The van der Waals surface area contributed by atoms with Gasteiger partial charge in [0.25, 0.3) is 0 Å². The molecule has 1 aromatic carbocycles. The van der Waals surface area contributed by atoms with Crippen molar-refractivity contribution in [3.05, 3.63) is 35.1 Å². The molecule has 0 nitrogen and oxygen atoms in total. The Morgan fingerprint density at radius 3 is 2.54 bits per heavy atom. The van der Waals surface area contributed by atoms with Crippen LogP contribution in [0, 0.1) is 17.7 Å². The maximum atomic E-state index is 13.1. The SMILES string of the molecule is CC#Cc1cc(C(C)C)ccc1F. The zero-order valence-electron chi connectivity index (χ0n) is 8.19. The van der Waals surface area contributed by atoms with Gasteiger partial charge < -0.3 is 0 Å². The van der Waals surface area contributed by atoms with Gasteiger partial charge >= 0.3 is 0 Å². The predicted octanol–water partition coefficient (Wildman–Crippen LogP) is 3.32. The van der Waals surface area contributed by atoms with Gasteiger partial charge in [0, 0.05) is 0 Å². The molecule has 0 amide bonds. The van der Waals surface area contributed by atoms with Crippen LogP contribution in [0.15, 0.2) is 18.2 Å². The molecular weight excluding hydrogens is 163 g/mol. The molecule has 0 aliphatic carbocycles. The topological polar surface area (TPSA) is 0 Å². The summed E-state index contributed by atoms with van der Waals surface area (Å²) < 4.78 is 13.1. The van der Waals surface area contributed by atoms with E-state index in [0.29, 0.717) is 11.5 Å². The van der Waals surface area contributed by atoms with Crippen LogP contribution in [0.4, 0.5) is 4.39 Å². The second-order valence-corrected chi connectivity index (χ2v) is 3.27. The highest BCUT2D eigenvalue weighted by Crippen LogP contribution is 2.17. The van der Waals surface area contributed by atoms with Crippen LogP contribution < -0.4 is 0 Å². The van der Waals surface area contributed by atoms with Crippen LogP contribution in [-0.4, -0.2) is 0 Å². The third-order valence-electron chi connectivity index (χ3n) is 1.92. The molecule has 0 spiro atoms. The smallest absolute Gasteiger partial charge is 0.138 e. The molecule has 0 aliphatic rings. The summed E-state index contributed by atoms with van der Waals surface area (Å²) in [6.07, 6.45) is 0. The highest BCUT2D eigenvalue weighted by molar-refractivity contribution is 5.39. The van der Waals surface area contributed by atoms with Gasteiger partial charge in [0.1, 0.15) is 5.82 Å². The Labute approximate surface area is 78.8 Å². The van der Waals surface area contributed by atoms with Crippen LogP contribution in [-0.2, 0) is 0 Å². The van der Waals surface area contributed by atoms with E-state index in [1.807, 2.05) is 6.07 Å². The zero-order valence-corrected chi connectivity index (χ0v) is 8.19. The molecule has 68 valence electrons. The zero-order chi connectivity index (χ0) is 9.84. The molecule has 0 aliphatic heterocycles. The van der Waals surface area contributed by atoms with E-state index in [1.165, 1.54) is 6.07 Å². The van der Waals surface area contributed by atoms with Gasteiger partial charge in [-0.1, -0.05) is 25.8 Å². The molecule has 0 N–H and O–H groups in total. The van der Waals surface area contributed by atoms with Crippen molar-refractivity contribution in [3.63, 3.8) is 0 Å². The van der Waals surface area contributed by atoms with Crippen molar-refractivity contribution < 1.29 is 4.39 Å². The number of rotatable bonds is 1. The number of hydrogen-bond donors (Lipinski definition) is 0. The van der Waals surface area contributed by atoms with E-state index in [1.54, 1.807) is 13.0 Å². The van der Waals surface area contributed by atoms with E-state index < -0.39 is 0 Å². The number of halogens is 1. The lowest BCUT2D eigenvalue weighted by Crippen LogP contribution is -1.91. The predicted molar refractivity (Wildman–Crippen MR) is 53.0 cm³/mol. The molecule has 0 fully saturated rings. The standard InChI is InChI=1S/C12H13F/c1-4-5-11-8-10(9(2)3)6-7-12(11)13/h6-9H,1-3H3. The van der Waals surface area contributed by atoms with Gasteiger partial charge in [0.15, 0.2) is 0 Å². The first-order chi connectivity index (χ1) is 6.15. The molecule has 0 unspecified atom stereocenters. The van der Waals surface area contributed by atoms with Crippen molar-refractivity contribution in [1.82, 2.24) is 0 Å². The molecule has 0 heterocycles. The summed E-state index contributed by atoms with van der Waals surface area (Å²) in [4.78, 5) is 0. The minimum Gasteiger partial charge on any atom is -0.206 e. The van der Waals surface area contributed by atoms with E-state index in [9.17, 15) is 4.39 Å². The fraction of sp³-hybridized carbons (Fsp3) is 0.333. The van der Waals surface area contributed by atoms with E-state index >= 15 is 0 Å². The third kappa shape index (κ3) is 2.32. The van der Waals surface area contributed by atoms with Crippen molar-refractivity contribution in [2.75, 3.05) is 0 Å². The molecule has 0 saturated heterocycles. The lowest BCUT2D eigenvalue weighted by Gasteiger charge is -2.05. The quantitative estimate of drug-likeness (QED) is 0.576. The van der Waals surface area contributed by atoms with Crippen LogP contribution in [0.5, 0.6) is 0 Å². The highest BCUT2D eigenvalue weighted by Gasteiger charge is 2.03. The van der Waals surface area contributed by atoms with Gasteiger partial charge in [-0.3, -0.25) is 0 Å². The first kappa shape index (κ1) is 9.80. The molecule has 0 atom stereocenters. The highest BCUT2D eigenvalue weighted by atomic mass is 19.1. The van der Waals surface area contributed by atoms with E-state index in [0.717, 1.165) is 5.56 Å². The van der Waals surface area contributed by atoms with Crippen LogP contribution in [0.1, 0.15) is 37.8 Å². The minimum atomic E-state index is -0.237. The van der Waals surface area contributed by atoms with Gasteiger partial charge in [0.2, 0.25) is 0 Å². The third-order valence-corrected chi connectivity index (χ3v) is 1.92. The Balaban J connectivity index is 3.16. The Bertz CT molecular complexity index is 353. The van der Waals surface area contributed by atoms with Crippen LogP contribution in [0.25, 0.3) is 0 Å². The average Bonchev–Trinajstić information content (AvgIpc) is 2.08. The van der Waals surface area contributed by atoms with Gasteiger partial charge in [-0.25, -0.2) is 4.39 Å². The first-order valence-electron chi connectivity index (χ1n) is 4.37. The Hall–Kier alpha value is -1.29. The fourth-order valence-electron chi connectivity index (χ4n) is 1.13. The average molecular weight is 176 g/mol. The van der Waals surface area contributed by atoms with E-state index in [4.69, 9.17) is 0 Å². The lowest BCUT2D eigenvalue weighted by atomic mass is 10.0.